The van der Waals surface area contributed by atoms with Crippen LogP contribution in [-0.4, -0.2) is 28.3 Å². The smallest absolute Gasteiger partial charge is 0.266 e. The second-order valence-electron chi connectivity index (χ2n) is 6.78. The molecule has 0 radical (unpaired) electrons. The monoisotopic (exact) mass is 442 g/mol. The SMILES string of the molecule is COc1cccc(NC(=O)CSc2nc3ccccc3c(=O)n2-c2ccc(C#N)cc2)c1. The van der Waals surface area contributed by atoms with E-state index in [1.165, 1.54) is 4.57 Å². The third kappa shape index (κ3) is 4.48. The molecule has 3 aromatic carbocycles. The van der Waals surface area contributed by atoms with Gasteiger partial charge in [-0.15, -0.1) is 0 Å². The van der Waals surface area contributed by atoms with Crippen LogP contribution in [-0.2, 0) is 4.79 Å². The second kappa shape index (κ2) is 9.37. The van der Waals surface area contributed by atoms with Gasteiger partial charge in [0.15, 0.2) is 5.16 Å². The van der Waals surface area contributed by atoms with Crippen molar-refractivity contribution in [2.75, 3.05) is 18.2 Å². The average molecular weight is 443 g/mol. The van der Waals surface area contributed by atoms with E-state index in [4.69, 9.17) is 10.00 Å². The Labute approximate surface area is 188 Å². The van der Waals surface area contributed by atoms with Crippen LogP contribution < -0.4 is 15.6 Å². The number of nitrogens with zero attached hydrogens (tertiary/aromatic N) is 3. The number of hydrogen-bond acceptors (Lipinski definition) is 6. The van der Waals surface area contributed by atoms with Gasteiger partial charge in [-0.05, 0) is 48.5 Å². The highest BCUT2D eigenvalue weighted by molar-refractivity contribution is 7.99. The van der Waals surface area contributed by atoms with E-state index in [0.29, 0.717) is 38.7 Å². The molecule has 1 N–H and O–H groups in total. The van der Waals surface area contributed by atoms with Gasteiger partial charge < -0.3 is 10.1 Å². The number of carbonyl (C=O) groups is 1. The lowest BCUT2D eigenvalue weighted by Gasteiger charge is -2.13. The van der Waals surface area contributed by atoms with Gasteiger partial charge in [0.05, 0.1) is 41.1 Å². The fourth-order valence-corrected chi connectivity index (χ4v) is 3.96. The molecule has 8 heteroatoms. The summed E-state index contributed by atoms with van der Waals surface area (Å²) in [6, 6.07) is 22.9. The molecule has 0 aliphatic heterocycles. The third-order valence-corrected chi connectivity index (χ3v) is 5.62. The number of para-hydroxylation sites is 1. The Morgan fingerprint density at radius 2 is 1.91 bits per heavy atom. The number of nitriles is 1. The molecule has 4 aromatic rings. The molecule has 0 bridgehead atoms. The van der Waals surface area contributed by atoms with Crippen molar-refractivity contribution in [2.45, 2.75) is 5.16 Å². The molecule has 0 saturated carbocycles. The van der Waals surface area contributed by atoms with Gasteiger partial charge >= 0.3 is 0 Å². The van der Waals surface area contributed by atoms with E-state index >= 15 is 0 Å². The Morgan fingerprint density at radius 1 is 1.12 bits per heavy atom. The average Bonchev–Trinajstić information content (AvgIpc) is 2.83. The molecule has 158 valence electrons. The summed E-state index contributed by atoms with van der Waals surface area (Å²) in [5.74, 6) is 0.455. The first-order valence-electron chi connectivity index (χ1n) is 9.68. The number of methoxy groups -OCH3 is 1. The summed E-state index contributed by atoms with van der Waals surface area (Å²) in [5, 5.41) is 12.7. The highest BCUT2D eigenvalue weighted by Gasteiger charge is 2.15. The zero-order valence-corrected chi connectivity index (χ0v) is 17.9. The van der Waals surface area contributed by atoms with Gasteiger partial charge in [-0.25, -0.2) is 4.98 Å². The molecular formula is C24H18N4O3S. The van der Waals surface area contributed by atoms with Crippen molar-refractivity contribution in [3.8, 4) is 17.5 Å². The number of hydrogen-bond donors (Lipinski definition) is 1. The van der Waals surface area contributed by atoms with Crippen LogP contribution in [0.25, 0.3) is 16.6 Å². The molecule has 1 heterocycles. The minimum absolute atomic E-state index is 0.0538. The number of aromatic nitrogens is 2. The van der Waals surface area contributed by atoms with Crippen molar-refractivity contribution in [1.82, 2.24) is 9.55 Å². The van der Waals surface area contributed by atoms with E-state index in [1.807, 2.05) is 6.07 Å². The number of nitrogens with one attached hydrogen (secondary N) is 1. The minimum atomic E-state index is -0.240. The number of thioether (sulfide) groups is 1. The van der Waals surface area contributed by atoms with E-state index in [2.05, 4.69) is 16.4 Å². The number of amides is 1. The van der Waals surface area contributed by atoms with E-state index in [0.717, 1.165) is 11.8 Å². The molecule has 0 unspecified atom stereocenters. The maximum absolute atomic E-state index is 13.2. The third-order valence-electron chi connectivity index (χ3n) is 4.69. The quantitative estimate of drug-likeness (QED) is 0.358. The number of ether oxygens (including phenoxy) is 1. The lowest BCUT2D eigenvalue weighted by Crippen LogP contribution is -2.23. The van der Waals surface area contributed by atoms with Gasteiger partial charge in [0, 0.05) is 11.8 Å². The molecule has 4 rings (SSSR count). The van der Waals surface area contributed by atoms with Gasteiger partial charge in [0.2, 0.25) is 5.91 Å². The van der Waals surface area contributed by atoms with Gasteiger partial charge in [-0.3, -0.25) is 14.2 Å². The first-order valence-corrected chi connectivity index (χ1v) is 10.7. The zero-order valence-electron chi connectivity index (χ0n) is 17.1. The van der Waals surface area contributed by atoms with Crippen LogP contribution in [0.5, 0.6) is 5.75 Å². The summed E-state index contributed by atoms with van der Waals surface area (Å²) in [4.78, 5) is 30.4. The van der Waals surface area contributed by atoms with Crippen molar-refractivity contribution in [3.05, 3.63) is 88.7 Å². The Balaban J connectivity index is 1.65. The predicted molar refractivity (Wildman–Crippen MR) is 124 cm³/mol. The zero-order chi connectivity index (χ0) is 22.5. The van der Waals surface area contributed by atoms with Crippen molar-refractivity contribution in [2.24, 2.45) is 0 Å². The summed E-state index contributed by atoms with van der Waals surface area (Å²) in [5.41, 5.74) is 1.99. The maximum Gasteiger partial charge on any atom is 0.266 e. The summed E-state index contributed by atoms with van der Waals surface area (Å²) in [6.45, 7) is 0. The van der Waals surface area contributed by atoms with Crippen molar-refractivity contribution in [1.29, 1.82) is 5.26 Å². The van der Waals surface area contributed by atoms with Gasteiger partial charge in [-0.2, -0.15) is 5.26 Å². The molecule has 1 aromatic heterocycles. The van der Waals surface area contributed by atoms with Gasteiger partial charge in [0.1, 0.15) is 5.75 Å². The van der Waals surface area contributed by atoms with E-state index in [1.54, 1.807) is 73.8 Å². The van der Waals surface area contributed by atoms with Gasteiger partial charge in [-0.1, -0.05) is 30.0 Å². The number of anilines is 1. The summed E-state index contributed by atoms with van der Waals surface area (Å²) in [7, 11) is 1.56. The highest BCUT2D eigenvalue weighted by Crippen LogP contribution is 2.22. The maximum atomic E-state index is 13.2. The topological polar surface area (TPSA) is 97.0 Å². The van der Waals surface area contributed by atoms with Crippen molar-refractivity contribution in [3.63, 3.8) is 0 Å². The Kier molecular flexibility index (Phi) is 6.19. The van der Waals surface area contributed by atoms with Crippen LogP contribution in [0.15, 0.2) is 82.7 Å². The van der Waals surface area contributed by atoms with Crippen LogP contribution in [0, 0.1) is 11.3 Å². The standard InChI is InChI=1S/C24H18N4O3S/c1-31-19-6-4-5-17(13-19)26-22(29)15-32-24-27-21-8-3-2-7-20(21)23(30)28(24)18-11-9-16(14-25)10-12-18/h2-13H,15H2,1H3,(H,26,29). The lowest BCUT2D eigenvalue weighted by molar-refractivity contribution is -0.113. The number of rotatable bonds is 6. The molecule has 32 heavy (non-hydrogen) atoms. The lowest BCUT2D eigenvalue weighted by atomic mass is 10.2. The summed E-state index contributed by atoms with van der Waals surface area (Å²) < 4.78 is 6.64. The number of fused-ring (bicyclic) bond motifs is 1. The van der Waals surface area contributed by atoms with Crippen molar-refractivity contribution >= 4 is 34.3 Å². The van der Waals surface area contributed by atoms with Crippen LogP contribution in [0.2, 0.25) is 0 Å². The molecular weight excluding hydrogens is 424 g/mol. The van der Waals surface area contributed by atoms with Crippen LogP contribution in [0.1, 0.15) is 5.56 Å². The molecule has 7 nitrogen and oxygen atoms in total. The highest BCUT2D eigenvalue weighted by atomic mass is 32.2. The molecule has 0 saturated heterocycles. The first kappa shape index (κ1) is 21.2. The Bertz CT molecular complexity index is 1390. The van der Waals surface area contributed by atoms with Crippen LogP contribution in [0.4, 0.5) is 5.69 Å². The van der Waals surface area contributed by atoms with Crippen molar-refractivity contribution < 1.29 is 9.53 Å². The molecule has 0 fully saturated rings. The first-order chi connectivity index (χ1) is 15.6. The van der Waals surface area contributed by atoms with Crippen LogP contribution in [0.3, 0.4) is 0 Å². The minimum Gasteiger partial charge on any atom is -0.497 e. The molecule has 1 amide bonds. The number of benzene rings is 3. The molecule has 0 spiro atoms. The normalized spacial score (nSPS) is 10.5. The molecule has 0 atom stereocenters. The molecule has 0 aliphatic carbocycles. The summed E-state index contributed by atoms with van der Waals surface area (Å²) in [6.07, 6.45) is 0. The largest absolute Gasteiger partial charge is 0.497 e. The Morgan fingerprint density at radius 3 is 2.66 bits per heavy atom. The predicted octanol–water partition coefficient (Wildman–Crippen LogP) is 4.00. The fraction of sp³-hybridized carbons (Fsp3) is 0.0833. The van der Waals surface area contributed by atoms with E-state index < -0.39 is 0 Å². The van der Waals surface area contributed by atoms with E-state index in [9.17, 15) is 9.59 Å². The van der Waals surface area contributed by atoms with E-state index in [-0.39, 0.29) is 17.2 Å². The number of carbonyl (C=O) groups excluding carboxylic acids is 1. The summed E-state index contributed by atoms with van der Waals surface area (Å²) >= 11 is 1.16. The Hall–Kier alpha value is -4.09. The van der Waals surface area contributed by atoms with Gasteiger partial charge in [0.25, 0.3) is 5.56 Å². The molecule has 0 aliphatic rings. The second-order valence-corrected chi connectivity index (χ2v) is 7.72. The van der Waals surface area contributed by atoms with Crippen LogP contribution >= 0.6 is 11.8 Å². The fourth-order valence-electron chi connectivity index (χ4n) is 3.15.